The molecule has 1 amide bonds. The topological polar surface area (TPSA) is 38.8 Å². The minimum atomic E-state index is -4.46. The fourth-order valence-electron chi connectivity index (χ4n) is 2.59. The zero-order valence-corrected chi connectivity index (χ0v) is 11.2. The monoisotopic (exact) mass is 301 g/mol. The molecule has 0 N–H and O–H groups in total. The second-order valence-corrected chi connectivity index (χ2v) is 5.04. The number of ether oxygens (including phenoxy) is 2. The lowest BCUT2D eigenvalue weighted by Gasteiger charge is -2.34. The summed E-state index contributed by atoms with van der Waals surface area (Å²) in [4.78, 5) is 13.6. The Morgan fingerprint density at radius 2 is 2.10 bits per heavy atom. The maximum absolute atomic E-state index is 12.7. The van der Waals surface area contributed by atoms with Crippen molar-refractivity contribution in [2.24, 2.45) is 0 Å². The maximum Gasteiger partial charge on any atom is 0.416 e. The number of halogens is 3. The second kappa shape index (κ2) is 5.22. The lowest BCUT2D eigenvalue weighted by atomic mass is 10.1. The predicted molar refractivity (Wildman–Crippen MR) is 67.3 cm³/mol. The molecule has 2 aliphatic heterocycles. The molecular formula is C14H14F3NO3. The molecule has 0 spiro atoms. The molecule has 0 unspecified atom stereocenters. The maximum atomic E-state index is 12.7. The molecule has 2 aliphatic rings. The summed E-state index contributed by atoms with van der Waals surface area (Å²) in [7, 11) is 0. The summed E-state index contributed by atoms with van der Waals surface area (Å²) >= 11 is 0. The molecule has 0 bridgehead atoms. The second-order valence-electron chi connectivity index (χ2n) is 5.04. The predicted octanol–water partition coefficient (Wildman–Crippen LogP) is 2.02. The Morgan fingerprint density at radius 3 is 2.86 bits per heavy atom. The van der Waals surface area contributed by atoms with Crippen LogP contribution in [0.3, 0.4) is 0 Å². The number of para-hydroxylation sites is 1. The Hall–Kier alpha value is -1.76. The molecule has 7 heteroatoms. The van der Waals surface area contributed by atoms with Gasteiger partial charge in [-0.2, -0.15) is 13.2 Å². The number of carbonyl (C=O) groups is 1. The van der Waals surface area contributed by atoms with Gasteiger partial charge in [0.1, 0.15) is 5.75 Å². The van der Waals surface area contributed by atoms with Crippen LogP contribution in [-0.2, 0) is 11.2 Å². The van der Waals surface area contributed by atoms with E-state index in [1.165, 1.54) is 4.90 Å². The zero-order valence-electron chi connectivity index (χ0n) is 11.2. The molecule has 3 rings (SSSR count). The van der Waals surface area contributed by atoms with Crippen LogP contribution in [0.15, 0.2) is 18.2 Å². The minimum absolute atomic E-state index is 0.119. The third-order valence-corrected chi connectivity index (χ3v) is 3.66. The van der Waals surface area contributed by atoms with Crippen molar-refractivity contribution in [1.82, 2.24) is 4.90 Å². The first-order valence-corrected chi connectivity index (χ1v) is 6.69. The van der Waals surface area contributed by atoms with Crippen LogP contribution < -0.4 is 4.74 Å². The van der Waals surface area contributed by atoms with Gasteiger partial charge < -0.3 is 14.4 Å². The summed E-state index contributed by atoms with van der Waals surface area (Å²) in [6.45, 7) is 0.0425. The van der Waals surface area contributed by atoms with Crippen LogP contribution in [-0.4, -0.2) is 49.4 Å². The van der Waals surface area contributed by atoms with E-state index in [1.807, 2.05) is 6.07 Å². The molecule has 21 heavy (non-hydrogen) atoms. The van der Waals surface area contributed by atoms with E-state index in [-0.39, 0.29) is 13.2 Å². The number of morpholine rings is 1. The molecular weight excluding hydrogens is 287 g/mol. The van der Waals surface area contributed by atoms with Gasteiger partial charge in [-0.05, 0) is 11.6 Å². The van der Waals surface area contributed by atoms with Gasteiger partial charge in [-0.15, -0.1) is 0 Å². The molecule has 114 valence electrons. The van der Waals surface area contributed by atoms with Crippen molar-refractivity contribution in [3.63, 3.8) is 0 Å². The number of carbonyl (C=O) groups excluding carboxylic acids is 1. The van der Waals surface area contributed by atoms with Crippen molar-refractivity contribution in [2.45, 2.75) is 18.7 Å². The highest BCUT2D eigenvalue weighted by molar-refractivity contribution is 5.97. The smallest absolute Gasteiger partial charge is 0.416 e. The number of fused-ring (bicyclic) bond motifs is 1. The molecule has 0 radical (unpaired) electrons. The van der Waals surface area contributed by atoms with Gasteiger partial charge in [-0.1, -0.05) is 12.1 Å². The van der Waals surface area contributed by atoms with Crippen LogP contribution >= 0.6 is 0 Å². The Morgan fingerprint density at radius 1 is 1.29 bits per heavy atom. The standard InChI is InChI=1S/C14H14F3NO3/c15-14(16,17)11-8-18(5-7-20-11)13(19)10-3-1-2-9-4-6-21-12(9)10/h1-3,11H,4-8H2/t11-/m0/s1. The van der Waals surface area contributed by atoms with E-state index < -0.39 is 24.7 Å². The molecule has 0 aromatic heterocycles. The molecule has 1 atom stereocenters. The van der Waals surface area contributed by atoms with E-state index >= 15 is 0 Å². The first-order valence-electron chi connectivity index (χ1n) is 6.69. The fraction of sp³-hybridized carbons (Fsp3) is 0.500. The van der Waals surface area contributed by atoms with Gasteiger partial charge in [-0.3, -0.25) is 4.79 Å². The van der Waals surface area contributed by atoms with E-state index in [1.54, 1.807) is 12.1 Å². The first-order chi connectivity index (χ1) is 9.97. The molecule has 1 fully saturated rings. The number of hydrogen-bond donors (Lipinski definition) is 0. The van der Waals surface area contributed by atoms with E-state index in [9.17, 15) is 18.0 Å². The summed E-state index contributed by atoms with van der Waals surface area (Å²) in [6, 6.07) is 5.17. The average Bonchev–Trinajstić information content (AvgIpc) is 2.94. The van der Waals surface area contributed by atoms with Crippen LogP contribution in [0, 0.1) is 0 Å². The van der Waals surface area contributed by atoms with Crippen molar-refractivity contribution in [2.75, 3.05) is 26.3 Å². The number of hydrogen-bond acceptors (Lipinski definition) is 3. The molecule has 0 saturated carbocycles. The quantitative estimate of drug-likeness (QED) is 0.796. The molecule has 4 nitrogen and oxygen atoms in total. The minimum Gasteiger partial charge on any atom is -0.492 e. The van der Waals surface area contributed by atoms with Gasteiger partial charge >= 0.3 is 6.18 Å². The largest absolute Gasteiger partial charge is 0.492 e. The van der Waals surface area contributed by atoms with Gasteiger partial charge in [-0.25, -0.2) is 0 Å². The number of rotatable bonds is 1. The van der Waals surface area contributed by atoms with Crippen molar-refractivity contribution in [1.29, 1.82) is 0 Å². The van der Waals surface area contributed by atoms with E-state index in [4.69, 9.17) is 9.47 Å². The Balaban J connectivity index is 1.81. The van der Waals surface area contributed by atoms with Crippen LogP contribution in [0.4, 0.5) is 13.2 Å². The first kappa shape index (κ1) is 14.2. The summed E-state index contributed by atoms with van der Waals surface area (Å²) in [5.74, 6) is 0.0591. The van der Waals surface area contributed by atoms with Gasteiger partial charge in [0.15, 0.2) is 6.10 Å². The van der Waals surface area contributed by atoms with Crippen LogP contribution in [0.5, 0.6) is 5.75 Å². The summed E-state index contributed by atoms with van der Waals surface area (Å²) in [6.07, 6.45) is -5.67. The Bertz CT molecular complexity index is 559. The van der Waals surface area contributed by atoms with Gasteiger partial charge in [0, 0.05) is 13.0 Å². The lowest BCUT2D eigenvalue weighted by molar-refractivity contribution is -0.233. The van der Waals surface area contributed by atoms with Crippen molar-refractivity contribution in [3.05, 3.63) is 29.3 Å². The van der Waals surface area contributed by atoms with E-state index in [0.717, 1.165) is 5.56 Å². The van der Waals surface area contributed by atoms with Crippen molar-refractivity contribution in [3.8, 4) is 5.75 Å². The van der Waals surface area contributed by atoms with Gasteiger partial charge in [0.05, 0.1) is 25.3 Å². The highest BCUT2D eigenvalue weighted by Gasteiger charge is 2.44. The molecule has 1 aromatic rings. The Kier molecular flexibility index (Phi) is 3.52. The molecule has 0 aliphatic carbocycles. The van der Waals surface area contributed by atoms with Crippen LogP contribution in [0.2, 0.25) is 0 Å². The van der Waals surface area contributed by atoms with Crippen LogP contribution in [0.25, 0.3) is 0 Å². The summed E-state index contributed by atoms with van der Waals surface area (Å²) in [5, 5.41) is 0. The highest BCUT2D eigenvalue weighted by atomic mass is 19.4. The van der Waals surface area contributed by atoms with Gasteiger partial charge in [0.2, 0.25) is 0 Å². The third kappa shape index (κ3) is 2.70. The molecule has 2 heterocycles. The number of benzene rings is 1. The average molecular weight is 301 g/mol. The lowest BCUT2D eigenvalue weighted by Crippen LogP contribution is -2.51. The van der Waals surface area contributed by atoms with E-state index in [2.05, 4.69) is 0 Å². The summed E-state index contributed by atoms with van der Waals surface area (Å²) in [5.41, 5.74) is 1.24. The van der Waals surface area contributed by atoms with Crippen LogP contribution in [0.1, 0.15) is 15.9 Å². The number of alkyl halides is 3. The molecule has 1 saturated heterocycles. The number of nitrogens with zero attached hydrogens (tertiary/aromatic N) is 1. The third-order valence-electron chi connectivity index (χ3n) is 3.66. The van der Waals surface area contributed by atoms with E-state index in [0.29, 0.717) is 24.3 Å². The van der Waals surface area contributed by atoms with Crippen molar-refractivity contribution >= 4 is 5.91 Å². The normalized spacial score (nSPS) is 21.9. The summed E-state index contributed by atoms with van der Waals surface area (Å²) < 4.78 is 48.3. The highest BCUT2D eigenvalue weighted by Crippen LogP contribution is 2.32. The van der Waals surface area contributed by atoms with Gasteiger partial charge in [0.25, 0.3) is 5.91 Å². The Labute approximate surface area is 119 Å². The SMILES string of the molecule is O=C(c1cccc2c1OCC2)N1CCO[C@H](C(F)(F)F)C1. The van der Waals surface area contributed by atoms with Crippen molar-refractivity contribution < 1.29 is 27.4 Å². The fourth-order valence-corrected chi connectivity index (χ4v) is 2.59. The number of amides is 1. The molecule has 1 aromatic carbocycles. The zero-order chi connectivity index (χ0) is 15.0.